The van der Waals surface area contributed by atoms with Crippen LogP contribution in [0, 0.1) is 0 Å². The van der Waals surface area contributed by atoms with Crippen LogP contribution in [-0.4, -0.2) is 61.3 Å². The highest BCUT2D eigenvalue weighted by Gasteiger charge is 2.47. The van der Waals surface area contributed by atoms with Crippen molar-refractivity contribution in [3.8, 4) is 5.75 Å². The molecule has 2 saturated heterocycles. The number of H-pyrrole nitrogens is 1. The van der Waals surface area contributed by atoms with E-state index in [1.807, 2.05) is 58.5 Å². The van der Waals surface area contributed by atoms with Crippen molar-refractivity contribution in [2.24, 2.45) is 0 Å². The Hall–Kier alpha value is -2.78. The van der Waals surface area contributed by atoms with Gasteiger partial charge in [-0.15, -0.1) is 0 Å². The van der Waals surface area contributed by atoms with Crippen LogP contribution in [0.1, 0.15) is 12.5 Å². The van der Waals surface area contributed by atoms with Crippen molar-refractivity contribution in [1.29, 1.82) is 0 Å². The fourth-order valence-electron chi connectivity index (χ4n) is 4.64. The maximum atomic E-state index is 11.6. The summed E-state index contributed by atoms with van der Waals surface area (Å²) in [6.45, 7) is 5.86. The van der Waals surface area contributed by atoms with Gasteiger partial charge < -0.3 is 24.0 Å². The number of aromatic nitrogens is 2. The maximum Gasteiger partial charge on any atom is 0.241 e. The summed E-state index contributed by atoms with van der Waals surface area (Å²) in [7, 11) is 0. The number of nitrogens with one attached hydrogen (secondary N) is 1. The molecule has 1 N–H and O–H groups in total. The molecule has 2 aliphatic heterocycles. The number of amides is 1. The number of carbonyl (C=O) groups is 1. The highest BCUT2D eigenvalue weighted by molar-refractivity contribution is 6.35. The van der Waals surface area contributed by atoms with E-state index < -0.39 is 5.79 Å². The molecule has 5 rings (SSSR count). The summed E-state index contributed by atoms with van der Waals surface area (Å²) in [4.78, 5) is 18.8. The van der Waals surface area contributed by atoms with Gasteiger partial charge in [0.15, 0.2) is 0 Å². The predicted octanol–water partition coefficient (Wildman–Crippen LogP) is 3.62. The molecular weight excluding hydrogens is 503 g/mol. The Morgan fingerprint density at radius 2 is 1.94 bits per heavy atom. The zero-order valence-electron chi connectivity index (χ0n) is 20.0. The molecule has 36 heavy (non-hydrogen) atoms. The van der Waals surface area contributed by atoms with Gasteiger partial charge in [0.2, 0.25) is 18.0 Å². The van der Waals surface area contributed by atoms with E-state index in [2.05, 4.69) is 9.88 Å². The zero-order chi connectivity index (χ0) is 25.1. The number of anilines is 1. The fraction of sp³-hybridized carbons (Fsp3) is 0.385. The molecule has 2 fully saturated rings. The number of halogens is 2. The van der Waals surface area contributed by atoms with E-state index in [0.29, 0.717) is 29.8 Å². The summed E-state index contributed by atoms with van der Waals surface area (Å²) in [6, 6.07) is 13.3. The number of aromatic amines is 1. The van der Waals surface area contributed by atoms with Crippen LogP contribution < -0.4 is 14.2 Å². The van der Waals surface area contributed by atoms with Crippen LogP contribution in [-0.2, 0) is 26.6 Å². The van der Waals surface area contributed by atoms with Crippen molar-refractivity contribution in [3.05, 3.63) is 76.8 Å². The lowest BCUT2D eigenvalue weighted by molar-refractivity contribution is -0.719. The van der Waals surface area contributed by atoms with Crippen molar-refractivity contribution in [1.82, 2.24) is 9.88 Å². The first-order valence-corrected chi connectivity index (χ1v) is 12.7. The highest BCUT2D eigenvalue weighted by atomic mass is 35.5. The maximum absolute atomic E-state index is 11.6. The normalized spacial score (nSPS) is 22.1. The van der Waals surface area contributed by atoms with E-state index in [4.69, 9.17) is 37.4 Å². The molecule has 3 heterocycles. The molecule has 3 aromatic rings. The van der Waals surface area contributed by atoms with E-state index in [1.54, 1.807) is 19.1 Å². The number of imidazole rings is 1. The number of hydrogen-bond donors (Lipinski definition) is 1. The molecule has 1 amide bonds. The minimum absolute atomic E-state index is 0.130. The molecule has 0 aliphatic carbocycles. The van der Waals surface area contributed by atoms with E-state index in [1.165, 1.54) is 0 Å². The Labute approximate surface area is 220 Å². The summed E-state index contributed by atoms with van der Waals surface area (Å²) in [6.07, 6.45) is 5.29. The standard InChI is InChI=1S/C26H28Cl2N4O4/c1-19(33)31-10-12-32(13-11-31)21-3-5-22(6-4-21)34-15-23-16-35-26(36-23,17-30-9-8-29-18-30)24-7-2-20(27)14-25(24)28/h2-9,14,18,23H,10-13,15-17H2,1H3/p+1/t23-,26+/m0/s1. The molecule has 0 unspecified atom stereocenters. The summed E-state index contributed by atoms with van der Waals surface area (Å²) >= 11 is 12.7. The predicted molar refractivity (Wildman–Crippen MR) is 136 cm³/mol. The van der Waals surface area contributed by atoms with Crippen LogP contribution in [0.2, 0.25) is 10.0 Å². The lowest BCUT2D eigenvalue weighted by atomic mass is 10.1. The number of hydrogen-bond acceptors (Lipinski definition) is 5. The van der Waals surface area contributed by atoms with Crippen molar-refractivity contribution < 1.29 is 23.6 Å². The van der Waals surface area contributed by atoms with Crippen LogP contribution in [0.5, 0.6) is 5.75 Å². The molecule has 0 spiro atoms. The van der Waals surface area contributed by atoms with E-state index in [9.17, 15) is 4.79 Å². The number of ether oxygens (including phenoxy) is 3. The Balaban J connectivity index is 1.22. The number of nitrogens with zero attached hydrogens (tertiary/aromatic N) is 3. The molecule has 10 heteroatoms. The lowest BCUT2D eigenvalue weighted by Crippen LogP contribution is -2.48. The smallest absolute Gasteiger partial charge is 0.241 e. The van der Waals surface area contributed by atoms with Crippen molar-refractivity contribution >= 4 is 34.8 Å². The van der Waals surface area contributed by atoms with Crippen LogP contribution in [0.4, 0.5) is 5.69 Å². The number of piperazine rings is 1. The third kappa shape index (κ3) is 5.47. The molecule has 190 valence electrons. The van der Waals surface area contributed by atoms with Crippen molar-refractivity contribution in [2.45, 2.75) is 25.4 Å². The average molecular weight is 532 g/mol. The van der Waals surface area contributed by atoms with Crippen molar-refractivity contribution in [2.75, 3.05) is 44.3 Å². The second kappa shape index (κ2) is 10.7. The molecule has 0 bridgehead atoms. The first-order chi connectivity index (χ1) is 17.4. The van der Waals surface area contributed by atoms with Gasteiger partial charge in [0, 0.05) is 49.4 Å². The molecule has 2 atom stereocenters. The lowest BCUT2D eigenvalue weighted by Gasteiger charge is -2.35. The summed E-state index contributed by atoms with van der Waals surface area (Å²) in [5, 5.41) is 1.04. The van der Waals surface area contributed by atoms with Crippen LogP contribution in [0.25, 0.3) is 0 Å². The average Bonchev–Trinajstić information content (AvgIpc) is 3.54. The number of rotatable bonds is 7. The van der Waals surface area contributed by atoms with Crippen molar-refractivity contribution in [3.63, 3.8) is 0 Å². The van der Waals surface area contributed by atoms with Gasteiger partial charge in [-0.1, -0.05) is 29.3 Å². The molecule has 0 saturated carbocycles. The summed E-state index contributed by atoms with van der Waals surface area (Å²) in [5.41, 5.74) is 1.84. The Morgan fingerprint density at radius 3 is 2.61 bits per heavy atom. The fourth-order valence-corrected chi connectivity index (χ4v) is 5.19. The Bertz CT molecular complexity index is 1180. The Morgan fingerprint density at radius 1 is 1.17 bits per heavy atom. The van der Waals surface area contributed by atoms with E-state index in [0.717, 1.165) is 43.2 Å². The SMILES string of the molecule is CC(=O)N1CCN(c2ccc(OC[C@H]3CO[C@@](C[n+]4cc[nH]c4)(c4ccc(Cl)cc4Cl)O3)cc2)CC1. The zero-order valence-corrected chi connectivity index (χ0v) is 21.5. The Kier molecular flexibility index (Phi) is 7.39. The van der Waals surface area contributed by atoms with Gasteiger partial charge >= 0.3 is 0 Å². The third-order valence-corrected chi connectivity index (χ3v) is 7.10. The molecule has 1 aromatic heterocycles. The van der Waals surface area contributed by atoms with Gasteiger partial charge in [-0.25, -0.2) is 4.57 Å². The molecule has 0 radical (unpaired) electrons. The van der Waals surface area contributed by atoms with Crippen LogP contribution in [0.3, 0.4) is 0 Å². The topological polar surface area (TPSA) is 70.9 Å². The van der Waals surface area contributed by atoms with Gasteiger partial charge in [-0.2, -0.15) is 0 Å². The first kappa shape index (κ1) is 24.9. The minimum Gasteiger partial charge on any atom is -0.491 e. The largest absolute Gasteiger partial charge is 0.491 e. The van der Waals surface area contributed by atoms with Crippen LogP contribution >= 0.6 is 23.2 Å². The van der Waals surface area contributed by atoms with E-state index in [-0.39, 0.29) is 12.0 Å². The first-order valence-electron chi connectivity index (χ1n) is 11.9. The van der Waals surface area contributed by atoms with Gasteiger partial charge in [0.05, 0.1) is 11.6 Å². The van der Waals surface area contributed by atoms with E-state index >= 15 is 0 Å². The molecule has 8 nitrogen and oxygen atoms in total. The minimum atomic E-state index is -1.06. The van der Waals surface area contributed by atoms with Gasteiger partial charge in [0.25, 0.3) is 0 Å². The highest BCUT2D eigenvalue weighted by Crippen LogP contribution is 2.39. The number of benzene rings is 2. The molecule has 2 aliphatic rings. The molecular formula is C26H29Cl2N4O4+. The molecule has 2 aromatic carbocycles. The van der Waals surface area contributed by atoms with Gasteiger partial charge in [0.1, 0.15) is 37.4 Å². The third-order valence-electron chi connectivity index (χ3n) is 6.56. The van der Waals surface area contributed by atoms with Gasteiger partial charge in [-0.3, -0.25) is 9.78 Å². The second-order valence-electron chi connectivity index (χ2n) is 9.01. The quantitative estimate of drug-likeness (QED) is 0.471. The second-order valence-corrected chi connectivity index (χ2v) is 9.85. The van der Waals surface area contributed by atoms with Crippen LogP contribution in [0.15, 0.2) is 61.2 Å². The summed E-state index contributed by atoms with van der Waals surface area (Å²) < 4.78 is 20.7. The van der Waals surface area contributed by atoms with Gasteiger partial charge in [-0.05, 0) is 36.4 Å². The number of carbonyl (C=O) groups excluding carboxylic acids is 1. The summed E-state index contributed by atoms with van der Waals surface area (Å²) in [5.74, 6) is -0.175. The monoisotopic (exact) mass is 531 g/mol.